The SMILES string of the molecule is CN(C(=O)N/N=C/c1ccccc1O)c1ccccc1. The van der Waals surface area contributed by atoms with Crippen LogP contribution in [0.1, 0.15) is 5.56 Å². The van der Waals surface area contributed by atoms with Gasteiger partial charge < -0.3 is 5.11 Å². The molecule has 2 N–H and O–H groups in total. The van der Waals surface area contributed by atoms with Gasteiger partial charge in [0.05, 0.1) is 6.21 Å². The molecule has 0 spiro atoms. The van der Waals surface area contributed by atoms with Crippen molar-refractivity contribution < 1.29 is 9.90 Å². The van der Waals surface area contributed by atoms with Gasteiger partial charge in [0.2, 0.25) is 0 Å². The number of anilines is 1. The molecule has 0 fully saturated rings. The van der Waals surface area contributed by atoms with Crippen LogP contribution in [-0.4, -0.2) is 24.4 Å². The number of nitrogens with one attached hydrogen (secondary N) is 1. The number of rotatable bonds is 3. The molecule has 0 aliphatic rings. The lowest BCUT2D eigenvalue weighted by molar-refractivity contribution is 0.248. The molecule has 0 saturated heterocycles. The molecule has 102 valence electrons. The largest absolute Gasteiger partial charge is 0.507 e. The summed E-state index contributed by atoms with van der Waals surface area (Å²) < 4.78 is 0. The van der Waals surface area contributed by atoms with E-state index in [1.54, 1.807) is 31.3 Å². The lowest BCUT2D eigenvalue weighted by Crippen LogP contribution is -2.34. The predicted molar refractivity (Wildman–Crippen MR) is 79.1 cm³/mol. The molecule has 2 rings (SSSR count). The molecule has 5 nitrogen and oxygen atoms in total. The zero-order valence-electron chi connectivity index (χ0n) is 11.0. The first-order valence-corrected chi connectivity index (χ1v) is 6.08. The summed E-state index contributed by atoms with van der Waals surface area (Å²) in [6, 6.07) is 15.6. The van der Waals surface area contributed by atoms with E-state index >= 15 is 0 Å². The van der Waals surface area contributed by atoms with E-state index in [0.29, 0.717) is 5.56 Å². The number of phenolic OH excluding ortho intramolecular Hbond substituents is 1. The van der Waals surface area contributed by atoms with E-state index in [1.807, 2.05) is 30.3 Å². The van der Waals surface area contributed by atoms with Crippen LogP contribution in [0.2, 0.25) is 0 Å². The highest BCUT2D eigenvalue weighted by molar-refractivity contribution is 5.92. The number of carbonyl (C=O) groups is 1. The van der Waals surface area contributed by atoms with E-state index in [9.17, 15) is 9.90 Å². The number of urea groups is 1. The molecular weight excluding hydrogens is 254 g/mol. The topological polar surface area (TPSA) is 64.9 Å². The minimum atomic E-state index is -0.358. The third-order valence-corrected chi connectivity index (χ3v) is 2.75. The molecule has 0 radical (unpaired) electrons. The number of nitrogens with zero attached hydrogens (tertiary/aromatic N) is 2. The molecule has 2 aromatic rings. The van der Waals surface area contributed by atoms with Crippen LogP contribution in [0, 0.1) is 0 Å². The second kappa shape index (κ2) is 6.38. The highest BCUT2D eigenvalue weighted by Crippen LogP contribution is 2.13. The fraction of sp³-hybridized carbons (Fsp3) is 0.0667. The van der Waals surface area contributed by atoms with Gasteiger partial charge in [-0.2, -0.15) is 5.10 Å². The first-order valence-electron chi connectivity index (χ1n) is 6.08. The summed E-state index contributed by atoms with van der Waals surface area (Å²) in [5, 5.41) is 13.4. The van der Waals surface area contributed by atoms with Crippen molar-refractivity contribution in [3.63, 3.8) is 0 Å². The van der Waals surface area contributed by atoms with Crippen molar-refractivity contribution in [2.45, 2.75) is 0 Å². The van der Waals surface area contributed by atoms with Crippen molar-refractivity contribution >= 4 is 17.9 Å². The van der Waals surface area contributed by atoms with Gasteiger partial charge in [-0.05, 0) is 24.3 Å². The van der Waals surface area contributed by atoms with Crippen molar-refractivity contribution in [1.82, 2.24) is 5.43 Å². The monoisotopic (exact) mass is 269 g/mol. The quantitative estimate of drug-likeness (QED) is 0.664. The molecule has 5 heteroatoms. The van der Waals surface area contributed by atoms with Gasteiger partial charge in [0.1, 0.15) is 5.75 Å². The van der Waals surface area contributed by atoms with E-state index in [4.69, 9.17) is 0 Å². The van der Waals surface area contributed by atoms with Gasteiger partial charge in [0.25, 0.3) is 0 Å². The summed E-state index contributed by atoms with van der Waals surface area (Å²) in [4.78, 5) is 13.3. The van der Waals surface area contributed by atoms with Gasteiger partial charge in [-0.1, -0.05) is 30.3 Å². The number of phenols is 1. The fourth-order valence-electron chi connectivity index (χ4n) is 1.60. The van der Waals surface area contributed by atoms with Gasteiger partial charge in [-0.25, -0.2) is 10.2 Å². The van der Waals surface area contributed by atoms with Gasteiger partial charge in [-0.3, -0.25) is 4.90 Å². The Morgan fingerprint density at radius 3 is 2.50 bits per heavy atom. The van der Waals surface area contributed by atoms with Crippen molar-refractivity contribution in [3.05, 3.63) is 60.2 Å². The molecule has 0 aromatic heterocycles. The number of hydrazone groups is 1. The second-order valence-electron chi connectivity index (χ2n) is 4.13. The molecule has 20 heavy (non-hydrogen) atoms. The lowest BCUT2D eigenvalue weighted by Gasteiger charge is -2.15. The van der Waals surface area contributed by atoms with Gasteiger partial charge in [-0.15, -0.1) is 0 Å². The molecule has 2 aromatic carbocycles. The first kappa shape index (κ1) is 13.6. The predicted octanol–water partition coefficient (Wildman–Crippen LogP) is 2.57. The second-order valence-corrected chi connectivity index (χ2v) is 4.13. The van der Waals surface area contributed by atoms with Crippen LogP contribution in [-0.2, 0) is 0 Å². The van der Waals surface area contributed by atoms with Crippen LogP contribution >= 0.6 is 0 Å². The highest BCUT2D eigenvalue weighted by Gasteiger charge is 2.08. The van der Waals surface area contributed by atoms with Gasteiger partial charge in [0.15, 0.2) is 0 Å². The molecule has 0 unspecified atom stereocenters. The maximum atomic E-state index is 11.9. The average molecular weight is 269 g/mol. The standard InChI is InChI=1S/C15H15N3O2/c1-18(13-8-3-2-4-9-13)15(20)17-16-11-12-7-5-6-10-14(12)19/h2-11,19H,1H3,(H,17,20)/b16-11+. The van der Waals surface area contributed by atoms with Crippen LogP contribution in [0.4, 0.5) is 10.5 Å². The maximum absolute atomic E-state index is 11.9. The smallest absolute Gasteiger partial charge is 0.341 e. The zero-order valence-corrected chi connectivity index (χ0v) is 11.0. The van der Waals surface area contributed by atoms with E-state index in [2.05, 4.69) is 10.5 Å². The van der Waals surface area contributed by atoms with Gasteiger partial charge in [0, 0.05) is 18.3 Å². The number of benzene rings is 2. The highest BCUT2D eigenvalue weighted by atomic mass is 16.3. The van der Waals surface area contributed by atoms with Gasteiger partial charge >= 0.3 is 6.03 Å². The van der Waals surface area contributed by atoms with Crippen molar-refractivity contribution in [3.8, 4) is 5.75 Å². The Morgan fingerprint density at radius 1 is 1.15 bits per heavy atom. The minimum Gasteiger partial charge on any atom is -0.507 e. The summed E-state index contributed by atoms with van der Waals surface area (Å²) in [5.41, 5.74) is 3.71. The van der Waals surface area contributed by atoms with Crippen molar-refractivity contribution in [2.75, 3.05) is 11.9 Å². The third kappa shape index (κ3) is 3.35. The molecule has 0 aliphatic carbocycles. The molecule has 0 bridgehead atoms. The molecule has 0 heterocycles. The third-order valence-electron chi connectivity index (χ3n) is 2.75. The molecule has 0 saturated carbocycles. The van der Waals surface area contributed by atoms with Crippen molar-refractivity contribution in [2.24, 2.45) is 5.10 Å². The van der Waals surface area contributed by atoms with E-state index in [1.165, 1.54) is 11.1 Å². The van der Waals surface area contributed by atoms with E-state index < -0.39 is 0 Å². The van der Waals surface area contributed by atoms with Crippen molar-refractivity contribution in [1.29, 1.82) is 0 Å². The van der Waals surface area contributed by atoms with Crippen LogP contribution < -0.4 is 10.3 Å². The Bertz CT molecular complexity index is 612. The normalized spacial score (nSPS) is 10.4. The zero-order chi connectivity index (χ0) is 14.4. The van der Waals surface area contributed by atoms with Crippen LogP contribution in [0.25, 0.3) is 0 Å². The molecule has 2 amide bonds. The number of amides is 2. The summed E-state index contributed by atoms with van der Waals surface area (Å²) >= 11 is 0. The number of hydrogen-bond acceptors (Lipinski definition) is 3. The van der Waals surface area contributed by atoms with Crippen LogP contribution in [0.15, 0.2) is 59.7 Å². The summed E-state index contributed by atoms with van der Waals surface area (Å²) in [5.74, 6) is 0.113. The Kier molecular flexibility index (Phi) is 4.34. The lowest BCUT2D eigenvalue weighted by atomic mass is 10.2. The Hall–Kier alpha value is -2.82. The Morgan fingerprint density at radius 2 is 1.80 bits per heavy atom. The maximum Gasteiger partial charge on any atom is 0.341 e. The fourth-order valence-corrected chi connectivity index (χ4v) is 1.60. The Labute approximate surface area is 117 Å². The molecular formula is C15H15N3O2. The summed E-state index contributed by atoms with van der Waals surface area (Å²) in [7, 11) is 1.65. The molecule has 0 aliphatic heterocycles. The first-order chi connectivity index (χ1) is 9.68. The number of carbonyl (C=O) groups excluding carboxylic acids is 1. The number of aromatic hydroxyl groups is 1. The van der Waals surface area contributed by atoms with E-state index in [0.717, 1.165) is 5.69 Å². The number of hydrogen-bond donors (Lipinski definition) is 2. The Balaban J connectivity index is 1.97. The van der Waals surface area contributed by atoms with E-state index in [-0.39, 0.29) is 11.8 Å². The summed E-state index contributed by atoms with van der Waals surface area (Å²) in [6.07, 6.45) is 1.39. The minimum absolute atomic E-state index is 0.113. The average Bonchev–Trinajstić information content (AvgIpc) is 2.49. The number of para-hydroxylation sites is 2. The molecule has 0 atom stereocenters. The van der Waals surface area contributed by atoms with Crippen LogP contribution in [0.3, 0.4) is 0 Å². The van der Waals surface area contributed by atoms with Crippen LogP contribution in [0.5, 0.6) is 5.75 Å². The summed E-state index contributed by atoms with van der Waals surface area (Å²) in [6.45, 7) is 0.